The molecule has 1 fully saturated rings. The average molecular weight is 313 g/mol. The van der Waals surface area contributed by atoms with Crippen LogP contribution < -0.4 is 5.73 Å². The summed E-state index contributed by atoms with van der Waals surface area (Å²) in [7, 11) is -3.71. The van der Waals surface area contributed by atoms with E-state index in [1.165, 1.54) is 16.4 Å². The van der Waals surface area contributed by atoms with Crippen LogP contribution in [0.2, 0.25) is 0 Å². The Morgan fingerprint density at radius 2 is 1.86 bits per heavy atom. The number of hydrogen-bond donors (Lipinski definition) is 1. The van der Waals surface area contributed by atoms with E-state index in [2.05, 4.69) is 13.8 Å². The summed E-state index contributed by atoms with van der Waals surface area (Å²) in [6, 6.07) is 3.61. The summed E-state index contributed by atoms with van der Waals surface area (Å²) in [4.78, 5) is 10.1. The molecule has 0 spiro atoms. The molecule has 1 heterocycles. The van der Waals surface area contributed by atoms with Crippen molar-refractivity contribution in [1.29, 1.82) is 0 Å². The minimum absolute atomic E-state index is 0.0428. The molecule has 1 aromatic rings. The van der Waals surface area contributed by atoms with Gasteiger partial charge in [-0.15, -0.1) is 0 Å². The fraction of sp³-hybridized carbons (Fsp3) is 0.538. The van der Waals surface area contributed by atoms with E-state index in [9.17, 15) is 18.5 Å². The maximum absolute atomic E-state index is 12.5. The highest BCUT2D eigenvalue weighted by Gasteiger charge is 2.33. The predicted octanol–water partition coefficient (Wildman–Crippen LogP) is 1.99. The summed E-state index contributed by atoms with van der Waals surface area (Å²) >= 11 is 0. The van der Waals surface area contributed by atoms with Crippen molar-refractivity contribution >= 4 is 21.4 Å². The number of sulfonamides is 1. The van der Waals surface area contributed by atoms with Gasteiger partial charge in [0.2, 0.25) is 10.0 Å². The van der Waals surface area contributed by atoms with Gasteiger partial charge >= 0.3 is 0 Å². The number of rotatable bonds is 3. The van der Waals surface area contributed by atoms with Gasteiger partial charge in [-0.1, -0.05) is 13.8 Å². The minimum Gasteiger partial charge on any atom is -0.393 e. The van der Waals surface area contributed by atoms with E-state index in [0.717, 1.165) is 18.9 Å². The number of nitrogens with zero attached hydrogens (tertiary/aromatic N) is 2. The highest BCUT2D eigenvalue weighted by molar-refractivity contribution is 7.89. The van der Waals surface area contributed by atoms with Gasteiger partial charge in [0.15, 0.2) is 0 Å². The largest absolute Gasteiger partial charge is 0.393 e. The van der Waals surface area contributed by atoms with Crippen LogP contribution in [0.15, 0.2) is 23.1 Å². The lowest BCUT2D eigenvalue weighted by Gasteiger charge is -2.36. The molecule has 0 aromatic heterocycles. The normalized spacial score (nSPS) is 19.3. The molecule has 0 unspecified atom stereocenters. The van der Waals surface area contributed by atoms with Gasteiger partial charge in [0.05, 0.1) is 9.82 Å². The molecule has 1 saturated heterocycles. The summed E-state index contributed by atoms with van der Waals surface area (Å²) in [5, 5.41) is 10.9. The summed E-state index contributed by atoms with van der Waals surface area (Å²) in [5.41, 5.74) is 5.20. The van der Waals surface area contributed by atoms with E-state index >= 15 is 0 Å². The number of benzene rings is 1. The highest BCUT2D eigenvalue weighted by atomic mass is 32.2. The molecule has 2 rings (SSSR count). The third kappa shape index (κ3) is 3.16. The zero-order chi connectivity index (χ0) is 15.8. The Labute approximate surface area is 123 Å². The van der Waals surface area contributed by atoms with E-state index in [1.807, 2.05) is 0 Å². The van der Waals surface area contributed by atoms with Gasteiger partial charge in [0.1, 0.15) is 5.69 Å². The number of nitrogen functional groups attached to an aromatic ring is 1. The van der Waals surface area contributed by atoms with Gasteiger partial charge in [0.25, 0.3) is 5.69 Å². The van der Waals surface area contributed by atoms with Gasteiger partial charge in [0, 0.05) is 19.2 Å². The first-order valence-electron chi connectivity index (χ1n) is 6.68. The monoisotopic (exact) mass is 313 g/mol. The summed E-state index contributed by atoms with van der Waals surface area (Å²) in [6.07, 6.45) is 1.53. The Balaban J connectivity index is 2.33. The minimum atomic E-state index is -3.71. The molecule has 1 aromatic carbocycles. The Bertz CT molecular complexity index is 660. The quantitative estimate of drug-likeness (QED) is 0.521. The van der Waals surface area contributed by atoms with Crippen LogP contribution in [0.4, 0.5) is 11.4 Å². The standard InChI is InChI=1S/C13H19N3O4S/c1-13(2)5-7-15(8-6-13)21(19,20)10-3-4-11(14)12(9-10)16(17)18/h3-4,9H,5-8,14H2,1-2H3. The highest BCUT2D eigenvalue weighted by Crippen LogP contribution is 2.33. The number of piperidine rings is 1. The maximum Gasteiger partial charge on any atom is 0.293 e. The van der Waals surface area contributed by atoms with Crippen molar-refractivity contribution in [2.24, 2.45) is 5.41 Å². The van der Waals surface area contributed by atoms with Gasteiger partial charge in [-0.2, -0.15) is 4.31 Å². The number of anilines is 1. The van der Waals surface area contributed by atoms with Gasteiger partial charge in [-0.05, 0) is 30.4 Å². The fourth-order valence-electron chi connectivity index (χ4n) is 2.32. The number of hydrogen-bond acceptors (Lipinski definition) is 5. The molecule has 21 heavy (non-hydrogen) atoms. The van der Waals surface area contributed by atoms with E-state index in [-0.39, 0.29) is 21.7 Å². The second-order valence-electron chi connectivity index (χ2n) is 6.05. The Morgan fingerprint density at radius 1 is 1.29 bits per heavy atom. The van der Waals surface area contributed by atoms with Crippen LogP contribution in [0, 0.1) is 15.5 Å². The Hall–Kier alpha value is -1.67. The maximum atomic E-state index is 12.5. The van der Waals surface area contributed by atoms with Crippen LogP contribution in [0.3, 0.4) is 0 Å². The van der Waals surface area contributed by atoms with Gasteiger partial charge < -0.3 is 5.73 Å². The first-order chi connectivity index (χ1) is 9.63. The molecule has 7 nitrogen and oxygen atoms in total. The second kappa shape index (κ2) is 5.27. The van der Waals surface area contributed by atoms with Crippen LogP contribution >= 0.6 is 0 Å². The molecule has 0 bridgehead atoms. The topological polar surface area (TPSA) is 107 Å². The lowest BCUT2D eigenvalue weighted by Crippen LogP contribution is -2.41. The molecule has 0 radical (unpaired) electrons. The van der Waals surface area contributed by atoms with Gasteiger partial charge in [-0.3, -0.25) is 10.1 Å². The third-order valence-corrected chi connectivity index (χ3v) is 5.81. The summed E-state index contributed by atoms with van der Waals surface area (Å²) < 4.78 is 26.5. The van der Waals surface area contributed by atoms with E-state index in [0.29, 0.717) is 13.1 Å². The van der Waals surface area contributed by atoms with E-state index in [4.69, 9.17) is 5.73 Å². The summed E-state index contributed by atoms with van der Waals surface area (Å²) in [5.74, 6) is 0. The fourth-order valence-corrected chi connectivity index (χ4v) is 3.79. The predicted molar refractivity (Wildman–Crippen MR) is 79.3 cm³/mol. The molecule has 0 atom stereocenters. The molecule has 1 aliphatic heterocycles. The molecule has 0 amide bonds. The third-order valence-electron chi connectivity index (χ3n) is 3.91. The zero-order valence-electron chi connectivity index (χ0n) is 12.1. The first kappa shape index (κ1) is 15.7. The lowest BCUT2D eigenvalue weighted by atomic mass is 9.83. The molecule has 0 aliphatic carbocycles. The van der Waals surface area contributed by atoms with Crippen LogP contribution in [0.1, 0.15) is 26.7 Å². The van der Waals surface area contributed by atoms with Crippen molar-refractivity contribution in [2.75, 3.05) is 18.8 Å². The first-order valence-corrected chi connectivity index (χ1v) is 8.12. The van der Waals surface area contributed by atoms with Crippen LogP contribution in [-0.4, -0.2) is 30.7 Å². The molecule has 116 valence electrons. The summed E-state index contributed by atoms with van der Waals surface area (Å²) in [6.45, 7) is 5.05. The lowest BCUT2D eigenvalue weighted by molar-refractivity contribution is -0.384. The smallest absolute Gasteiger partial charge is 0.293 e. The molecular weight excluding hydrogens is 294 g/mol. The zero-order valence-corrected chi connectivity index (χ0v) is 12.9. The number of nitro groups is 1. The van der Waals surface area contributed by atoms with Gasteiger partial charge in [-0.25, -0.2) is 8.42 Å². The molecule has 0 saturated carbocycles. The van der Waals surface area contributed by atoms with Crippen molar-refractivity contribution in [3.8, 4) is 0 Å². The molecular formula is C13H19N3O4S. The molecule has 1 aliphatic rings. The van der Waals surface area contributed by atoms with Crippen molar-refractivity contribution in [2.45, 2.75) is 31.6 Å². The van der Waals surface area contributed by atoms with Crippen molar-refractivity contribution in [3.05, 3.63) is 28.3 Å². The van der Waals surface area contributed by atoms with E-state index in [1.54, 1.807) is 0 Å². The van der Waals surface area contributed by atoms with Crippen molar-refractivity contribution in [3.63, 3.8) is 0 Å². The van der Waals surface area contributed by atoms with Crippen LogP contribution in [-0.2, 0) is 10.0 Å². The van der Waals surface area contributed by atoms with Crippen LogP contribution in [0.25, 0.3) is 0 Å². The second-order valence-corrected chi connectivity index (χ2v) is 7.98. The Kier molecular flexibility index (Phi) is 3.94. The van der Waals surface area contributed by atoms with Crippen molar-refractivity contribution < 1.29 is 13.3 Å². The van der Waals surface area contributed by atoms with Crippen molar-refractivity contribution in [1.82, 2.24) is 4.31 Å². The van der Waals surface area contributed by atoms with E-state index < -0.39 is 14.9 Å². The van der Waals surface area contributed by atoms with Crippen LogP contribution in [0.5, 0.6) is 0 Å². The molecule has 8 heteroatoms. The molecule has 2 N–H and O–H groups in total. The number of nitrogens with two attached hydrogens (primary N) is 1. The number of nitro benzene ring substituents is 1. The Morgan fingerprint density at radius 3 is 2.38 bits per heavy atom. The average Bonchev–Trinajstić information content (AvgIpc) is 2.38. The SMILES string of the molecule is CC1(C)CCN(S(=O)(=O)c2ccc(N)c([N+](=O)[O-])c2)CC1.